The number of carbonyl (C=O) groups is 3. The van der Waals surface area contributed by atoms with Crippen molar-refractivity contribution in [3.05, 3.63) is 86.5 Å². The number of hydrogen-bond donors (Lipinski definition) is 1. The maximum Gasteiger partial charge on any atom is 0.264 e. The minimum atomic E-state index is -1.50. The number of aromatic nitrogens is 1. The zero-order valence-electron chi connectivity index (χ0n) is 17.9. The van der Waals surface area contributed by atoms with Crippen molar-refractivity contribution in [2.75, 3.05) is 0 Å². The molecule has 0 saturated carbocycles. The van der Waals surface area contributed by atoms with E-state index in [2.05, 4.69) is 10.3 Å². The van der Waals surface area contributed by atoms with Crippen LogP contribution in [-0.4, -0.2) is 27.6 Å². The molecule has 4 rings (SSSR count). The zero-order valence-corrected chi connectivity index (χ0v) is 19.5. The van der Waals surface area contributed by atoms with Crippen LogP contribution < -0.4 is 15.5 Å². The molecule has 1 saturated heterocycles. The maximum atomic E-state index is 12.5. The SMILES string of the molecule is Cc1cc(/C=C2/SC(=Nc3ccc(Cl)cc3)NC2=O)c(C)n1-c1cc(C(=O)[O-])cc(C(=O)[O-])c1. The summed E-state index contributed by atoms with van der Waals surface area (Å²) in [7, 11) is 0. The summed E-state index contributed by atoms with van der Waals surface area (Å²) in [6, 6.07) is 12.3. The smallest absolute Gasteiger partial charge is 0.264 e. The molecule has 8 nitrogen and oxygen atoms in total. The molecule has 1 fully saturated rings. The van der Waals surface area contributed by atoms with E-state index in [9.17, 15) is 24.6 Å². The summed E-state index contributed by atoms with van der Waals surface area (Å²) in [6.45, 7) is 3.57. The van der Waals surface area contributed by atoms with Crippen LogP contribution in [0.1, 0.15) is 37.7 Å². The van der Waals surface area contributed by atoms with E-state index in [0.717, 1.165) is 6.07 Å². The number of aliphatic imine (C=N–C) groups is 1. The van der Waals surface area contributed by atoms with Gasteiger partial charge in [-0.2, -0.15) is 0 Å². The number of amidine groups is 1. The number of halogens is 1. The average molecular weight is 494 g/mol. The Bertz CT molecular complexity index is 1370. The van der Waals surface area contributed by atoms with Crippen LogP contribution in [0.2, 0.25) is 5.02 Å². The van der Waals surface area contributed by atoms with Gasteiger partial charge in [-0.25, -0.2) is 4.99 Å². The van der Waals surface area contributed by atoms with Gasteiger partial charge in [-0.05, 0) is 96.9 Å². The Hall–Kier alpha value is -3.82. The second-order valence-corrected chi connectivity index (χ2v) is 8.93. The van der Waals surface area contributed by atoms with Gasteiger partial charge in [-0.3, -0.25) is 4.79 Å². The van der Waals surface area contributed by atoms with Crippen LogP contribution in [0.4, 0.5) is 5.69 Å². The lowest BCUT2D eigenvalue weighted by atomic mass is 10.1. The van der Waals surface area contributed by atoms with E-state index in [1.165, 1.54) is 23.9 Å². The highest BCUT2D eigenvalue weighted by Gasteiger charge is 2.24. The fourth-order valence-electron chi connectivity index (χ4n) is 3.56. The van der Waals surface area contributed by atoms with Gasteiger partial charge >= 0.3 is 0 Å². The predicted molar refractivity (Wildman–Crippen MR) is 126 cm³/mol. The number of carboxylic acid groups (broad SMARTS) is 2. The van der Waals surface area contributed by atoms with Crippen LogP contribution in [-0.2, 0) is 4.79 Å². The highest BCUT2D eigenvalue weighted by molar-refractivity contribution is 8.18. The van der Waals surface area contributed by atoms with Gasteiger partial charge in [0.25, 0.3) is 5.91 Å². The quantitative estimate of drug-likeness (QED) is 0.544. The lowest BCUT2D eigenvalue weighted by Crippen LogP contribution is -2.26. The van der Waals surface area contributed by atoms with Crippen molar-refractivity contribution >= 4 is 58.1 Å². The van der Waals surface area contributed by atoms with Crippen LogP contribution in [0, 0.1) is 13.8 Å². The van der Waals surface area contributed by atoms with Crippen molar-refractivity contribution < 1.29 is 24.6 Å². The third-order valence-electron chi connectivity index (χ3n) is 5.11. The molecule has 2 aromatic carbocycles. The van der Waals surface area contributed by atoms with E-state index in [-0.39, 0.29) is 17.0 Å². The Balaban J connectivity index is 1.70. The summed E-state index contributed by atoms with van der Waals surface area (Å²) in [5, 5.41) is 26.5. The molecule has 34 heavy (non-hydrogen) atoms. The second kappa shape index (κ2) is 9.20. The largest absolute Gasteiger partial charge is 0.545 e. The highest BCUT2D eigenvalue weighted by Crippen LogP contribution is 2.31. The van der Waals surface area contributed by atoms with Crippen molar-refractivity contribution in [1.29, 1.82) is 0 Å². The minimum absolute atomic E-state index is 0.280. The molecule has 172 valence electrons. The van der Waals surface area contributed by atoms with Crippen molar-refractivity contribution in [2.45, 2.75) is 13.8 Å². The summed E-state index contributed by atoms with van der Waals surface area (Å²) in [4.78, 5) is 40.1. The zero-order chi connectivity index (χ0) is 24.6. The number of carboxylic acids is 2. The third kappa shape index (κ3) is 4.75. The fourth-order valence-corrected chi connectivity index (χ4v) is 4.52. The van der Waals surface area contributed by atoms with E-state index in [1.54, 1.807) is 48.8 Å². The number of aromatic carboxylic acids is 2. The van der Waals surface area contributed by atoms with E-state index in [1.807, 2.05) is 6.07 Å². The summed E-state index contributed by atoms with van der Waals surface area (Å²) >= 11 is 7.07. The molecule has 0 radical (unpaired) electrons. The Labute approximate surface area is 203 Å². The Morgan fingerprint density at radius 1 is 1.03 bits per heavy atom. The van der Waals surface area contributed by atoms with Crippen LogP contribution >= 0.6 is 23.4 Å². The van der Waals surface area contributed by atoms with Crippen LogP contribution in [0.25, 0.3) is 11.8 Å². The van der Waals surface area contributed by atoms with E-state index < -0.39 is 11.9 Å². The van der Waals surface area contributed by atoms with Gasteiger partial charge in [0, 0.05) is 22.1 Å². The van der Waals surface area contributed by atoms with E-state index in [0.29, 0.717) is 43.4 Å². The fraction of sp³-hybridized carbons (Fsp3) is 0.0833. The van der Waals surface area contributed by atoms with Gasteiger partial charge in [0.2, 0.25) is 0 Å². The molecule has 0 aliphatic carbocycles. The molecule has 10 heteroatoms. The predicted octanol–water partition coefficient (Wildman–Crippen LogP) is 2.37. The number of benzene rings is 2. The first-order chi connectivity index (χ1) is 16.1. The van der Waals surface area contributed by atoms with Gasteiger partial charge in [-0.15, -0.1) is 0 Å². The number of carbonyl (C=O) groups excluding carboxylic acids is 3. The monoisotopic (exact) mass is 493 g/mol. The Morgan fingerprint density at radius 3 is 2.24 bits per heavy atom. The average Bonchev–Trinajstić information content (AvgIpc) is 3.27. The van der Waals surface area contributed by atoms with Crippen molar-refractivity contribution in [3.8, 4) is 5.69 Å². The minimum Gasteiger partial charge on any atom is -0.545 e. The van der Waals surface area contributed by atoms with Crippen molar-refractivity contribution in [1.82, 2.24) is 9.88 Å². The van der Waals surface area contributed by atoms with E-state index in [4.69, 9.17) is 11.6 Å². The number of amides is 1. The molecule has 2 heterocycles. The first-order valence-corrected chi connectivity index (χ1v) is 11.1. The van der Waals surface area contributed by atoms with E-state index >= 15 is 0 Å². The lowest BCUT2D eigenvalue weighted by molar-refractivity contribution is -0.255. The topological polar surface area (TPSA) is 127 Å². The van der Waals surface area contributed by atoms with Gasteiger partial charge in [0.05, 0.1) is 22.5 Å². The molecule has 3 aromatic rings. The van der Waals surface area contributed by atoms with Gasteiger partial charge in [-0.1, -0.05) is 11.6 Å². The third-order valence-corrected chi connectivity index (χ3v) is 6.27. The second-order valence-electron chi connectivity index (χ2n) is 7.46. The molecular formula is C24H16ClN3O5S-2. The van der Waals surface area contributed by atoms with Gasteiger partial charge in [0.1, 0.15) is 0 Å². The molecular weight excluding hydrogens is 478 g/mol. The number of nitrogens with one attached hydrogen (secondary N) is 1. The summed E-state index contributed by atoms with van der Waals surface area (Å²) in [5.41, 5.74) is 2.51. The maximum absolute atomic E-state index is 12.5. The van der Waals surface area contributed by atoms with Gasteiger partial charge in [0.15, 0.2) is 5.17 Å². The molecule has 1 aliphatic rings. The molecule has 0 bridgehead atoms. The molecule has 0 atom stereocenters. The summed E-state index contributed by atoms with van der Waals surface area (Å²) < 4.78 is 1.70. The summed E-state index contributed by atoms with van der Waals surface area (Å²) in [5.74, 6) is -3.30. The molecule has 0 spiro atoms. The molecule has 1 N–H and O–H groups in total. The standard InChI is InChI=1S/C24H18ClN3O5S/c1-12-7-14(11-20-21(29)27-24(34-20)26-18-5-3-17(25)4-6-18)13(2)28(12)19-9-15(22(30)31)8-16(10-19)23(32)33/h3-11H,1-2H3,(H,30,31)(H,32,33)(H,26,27,29)/p-2/b20-11+. The van der Waals surface area contributed by atoms with Crippen molar-refractivity contribution in [2.24, 2.45) is 4.99 Å². The van der Waals surface area contributed by atoms with Crippen LogP contribution in [0.3, 0.4) is 0 Å². The molecule has 1 amide bonds. The van der Waals surface area contributed by atoms with Crippen LogP contribution in [0.15, 0.2) is 58.4 Å². The number of aryl methyl sites for hydroxylation is 1. The Kier molecular flexibility index (Phi) is 6.32. The number of rotatable bonds is 5. The first kappa shape index (κ1) is 23.3. The van der Waals surface area contributed by atoms with Crippen LogP contribution in [0.5, 0.6) is 0 Å². The van der Waals surface area contributed by atoms with Crippen molar-refractivity contribution in [3.63, 3.8) is 0 Å². The first-order valence-electron chi connectivity index (χ1n) is 9.94. The molecule has 0 unspecified atom stereocenters. The lowest BCUT2D eigenvalue weighted by Gasteiger charge is -2.15. The molecule has 1 aromatic heterocycles. The Morgan fingerprint density at radius 2 is 1.65 bits per heavy atom. The normalized spacial score (nSPS) is 15.7. The summed E-state index contributed by atoms with van der Waals surface area (Å²) in [6.07, 6.45) is 1.70. The highest BCUT2D eigenvalue weighted by atomic mass is 35.5. The number of thioether (sulfide) groups is 1. The number of nitrogens with zero attached hydrogens (tertiary/aromatic N) is 2. The number of hydrogen-bond acceptors (Lipinski definition) is 7. The van der Waals surface area contributed by atoms with Gasteiger partial charge < -0.3 is 29.7 Å². The molecule has 1 aliphatic heterocycles.